The number of anilines is 1. The van der Waals surface area contributed by atoms with E-state index in [1.807, 2.05) is 12.1 Å². The predicted octanol–water partition coefficient (Wildman–Crippen LogP) is 4.37. The highest BCUT2D eigenvalue weighted by Gasteiger charge is 2.43. The van der Waals surface area contributed by atoms with Crippen LogP contribution in [0.3, 0.4) is 0 Å². The molecular formula is C28H34N4O3. The van der Waals surface area contributed by atoms with Gasteiger partial charge in [0.25, 0.3) is 5.91 Å². The number of rotatable bonds is 5. The summed E-state index contributed by atoms with van der Waals surface area (Å²) in [5, 5.41) is 3.01. The lowest BCUT2D eigenvalue weighted by atomic mass is 9.71. The van der Waals surface area contributed by atoms with E-state index in [1.165, 1.54) is 11.8 Å². The van der Waals surface area contributed by atoms with Crippen molar-refractivity contribution in [3.8, 4) is 12.3 Å². The molecule has 1 aliphatic carbocycles. The summed E-state index contributed by atoms with van der Waals surface area (Å²) in [5.74, 6) is 2.31. The van der Waals surface area contributed by atoms with Crippen LogP contribution in [0.1, 0.15) is 73.4 Å². The monoisotopic (exact) mass is 474 g/mol. The van der Waals surface area contributed by atoms with Crippen molar-refractivity contribution in [2.75, 3.05) is 32.6 Å². The summed E-state index contributed by atoms with van der Waals surface area (Å²) in [6, 6.07) is 5.98. The fraction of sp³-hybridized carbons (Fsp3) is 0.464. The van der Waals surface area contributed by atoms with Crippen LogP contribution >= 0.6 is 0 Å². The molecule has 4 rings (SSSR count). The summed E-state index contributed by atoms with van der Waals surface area (Å²) in [4.78, 5) is 35.0. The van der Waals surface area contributed by atoms with Crippen LogP contribution in [0.2, 0.25) is 0 Å². The predicted molar refractivity (Wildman–Crippen MR) is 137 cm³/mol. The molecule has 2 aliphatic rings. The molecule has 7 heteroatoms. The van der Waals surface area contributed by atoms with E-state index in [9.17, 15) is 9.59 Å². The van der Waals surface area contributed by atoms with Gasteiger partial charge in [-0.3, -0.25) is 9.59 Å². The number of hydrogen-bond donors (Lipinski definition) is 2. The second-order valence-electron chi connectivity index (χ2n) is 10.5. The van der Waals surface area contributed by atoms with Crippen LogP contribution in [-0.4, -0.2) is 54.0 Å². The molecule has 0 bridgehead atoms. The molecule has 1 saturated heterocycles. The molecule has 7 nitrogen and oxygen atoms in total. The van der Waals surface area contributed by atoms with Crippen molar-refractivity contribution < 1.29 is 14.3 Å². The van der Waals surface area contributed by atoms with E-state index < -0.39 is 5.41 Å². The van der Waals surface area contributed by atoms with Crippen LogP contribution in [0.5, 0.6) is 0 Å². The van der Waals surface area contributed by atoms with E-state index in [1.54, 1.807) is 19.0 Å². The molecule has 2 aromatic rings. The Bertz CT molecular complexity index is 1190. The summed E-state index contributed by atoms with van der Waals surface area (Å²) in [6.45, 7) is 5.62. The maximum Gasteiger partial charge on any atom is 0.291 e. The van der Waals surface area contributed by atoms with Crippen LogP contribution in [0.25, 0.3) is 5.57 Å². The Morgan fingerprint density at radius 2 is 1.94 bits per heavy atom. The summed E-state index contributed by atoms with van der Waals surface area (Å²) in [5.41, 5.74) is 3.78. The zero-order valence-electron chi connectivity index (χ0n) is 21.0. The number of aromatic amines is 1. The zero-order valence-corrected chi connectivity index (χ0v) is 21.0. The third kappa shape index (κ3) is 5.03. The normalized spacial score (nSPS) is 18.8. The number of terminal acetylenes is 1. The molecule has 1 aromatic carbocycles. The molecule has 1 fully saturated rings. The highest BCUT2D eigenvalue weighted by molar-refractivity contribution is 6.03. The molecule has 1 aromatic heterocycles. The molecule has 35 heavy (non-hydrogen) atoms. The number of H-pyrrole nitrogens is 1. The van der Waals surface area contributed by atoms with Gasteiger partial charge >= 0.3 is 0 Å². The average Bonchev–Trinajstić information content (AvgIpc) is 3.34. The van der Waals surface area contributed by atoms with Gasteiger partial charge in [-0.1, -0.05) is 26.0 Å². The maximum absolute atomic E-state index is 13.4. The summed E-state index contributed by atoms with van der Waals surface area (Å²) >= 11 is 0. The number of nitrogens with one attached hydrogen (secondary N) is 2. The molecule has 0 spiro atoms. The molecule has 184 valence electrons. The first-order valence-electron chi connectivity index (χ1n) is 12.1. The van der Waals surface area contributed by atoms with Gasteiger partial charge in [0, 0.05) is 44.8 Å². The van der Waals surface area contributed by atoms with E-state index in [2.05, 4.69) is 47.2 Å². The number of amides is 2. The molecule has 0 unspecified atom stereocenters. The second-order valence-corrected chi connectivity index (χ2v) is 10.5. The molecule has 0 saturated carbocycles. The fourth-order valence-corrected chi connectivity index (χ4v) is 5.01. The number of ether oxygens (including phenoxy) is 1. The van der Waals surface area contributed by atoms with Gasteiger partial charge in [-0.05, 0) is 66.7 Å². The van der Waals surface area contributed by atoms with Crippen LogP contribution in [0.15, 0.2) is 30.5 Å². The third-order valence-corrected chi connectivity index (χ3v) is 7.24. The van der Waals surface area contributed by atoms with E-state index in [4.69, 9.17) is 11.2 Å². The molecular weight excluding hydrogens is 440 g/mol. The Morgan fingerprint density at radius 3 is 2.54 bits per heavy atom. The lowest BCUT2D eigenvalue weighted by molar-refractivity contribution is -0.138. The molecule has 2 heterocycles. The van der Waals surface area contributed by atoms with Gasteiger partial charge in [0.05, 0.1) is 5.41 Å². The number of carbonyl (C=O) groups excluding carboxylic acids is 2. The molecule has 0 atom stereocenters. The van der Waals surface area contributed by atoms with Gasteiger partial charge in [-0.2, -0.15) is 0 Å². The smallest absolute Gasteiger partial charge is 0.291 e. The summed E-state index contributed by atoms with van der Waals surface area (Å²) in [7, 11) is 3.60. The van der Waals surface area contributed by atoms with Gasteiger partial charge in [-0.25, -0.2) is 4.98 Å². The zero-order chi connectivity index (χ0) is 25.2. The van der Waals surface area contributed by atoms with E-state index in [0.717, 1.165) is 30.4 Å². The Morgan fingerprint density at radius 1 is 1.20 bits per heavy atom. The molecule has 2 N–H and O–H groups in total. The number of imidazole rings is 1. The third-order valence-electron chi connectivity index (χ3n) is 7.24. The number of likely N-dealkylation sites (N-methyl/N-ethyl adjacent to an activating group) is 1. The first kappa shape index (κ1) is 24.7. The van der Waals surface area contributed by atoms with Gasteiger partial charge < -0.3 is 19.9 Å². The minimum absolute atomic E-state index is 0.0830. The van der Waals surface area contributed by atoms with Crippen molar-refractivity contribution in [1.82, 2.24) is 14.9 Å². The van der Waals surface area contributed by atoms with Crippen LogP contribution < -0.4 is 5.32 Å². The number of carbonyl (C=O) groups is 2. The van der Waals surface area contributed by atoms with Gasteiger partial charge in [0.1, 0.15) is 5.69 Å². The van der Waals surface area contributed by atoms with Crippen molar-refractivity contribution >= 4 is 23.1 Å². The summed E-state index contributed by atoms with van der Waals surface area (Å²) < 4.78 is 5.62. The SMILES string of the molecule is C#Cc1c[nH]c(C(=O)Nc2ccc(C3(C(=O)N(C)C)CCOCC3)cc2C2=CCC(C)(C)CC2)n1. The van der Waals surface area contributed by atoms with Gasteiger partial charge in [0.2, 0.25) is 5.91 Å². The summed E-state index contributed by atoms with van der Waals surface area (Å²) in [6.07, 6.45) is 13.4. The molecule has 2 amide bonds. The fourth-order valence-electron chi connectivity index (χ4n) is 5.01. The van der Waals surface area contributed by atoms with Gasteiger partial charge in [0.15, 0.2) is 5.82 Å². The lowest BCUT2D eigenvalue weighted by Gasteiger charge is -2.38. The Labute approximate surface area is 207 Å². The highest BCUT2D eigenvalue weighted by Crippen LogP contribution is 2.43. The van der Waals surface area contributed by atoms with E-state index in [-0.39, 0.29) is 23.1 Å². The van der Waals surface area contributed by atoms with Crippen molar-refractivity contribution in [3.63, 3.8) is 0 Å². The first-order valence-corrected chi connectivity index (χ1v) is 12.1. The Kier molecular flexibility index (Phi) is 6.86. The average molecular weight is 475 g/mol. The molecule has 1 aliphatic heterocycles. The quantitative estimate of drug-likeness (QED) is 0.630. The highest BCUT2D eigenvalue weighted by atomic mass is 16.5. The van der Waals surface area contributed by atoms with Crippen molar-refractivity contribution in [2.24, 2.45) is 5.41 Å². The van der Waals surface area contributed by atoms with E-state index in [0.29, 0.717) is 37.4 Å². The maximum atomic E-state index is 13.4. The number of aromatic nitrogens is 2. The number of hydrogen-bond acceptors (Lipinski definition) is 4. The Balaban J connectivity index is 1.77. The number of benzene rings is 1. The van der Waals surface area contributed by atoms with Gasteiger partial charge in [-0.15, -0.1) is 6.42 Å². The van der Waals surface area contributed by atoms with Crippen molar-refractivity contribution in [3.05, 3.63) is 53.1 Å². The molecule has 0 radical (unpaired) electrons. The van der Waals surface area contributed by atoms with Crippen LogP contribution in [0, 0.1) is 17.8 Å². The van der Waals surface area contributed by atoms with Crippen LogP contribution in [-0.2, 0) is 14.9 Å². The lowest BCUT2D eigenvalue weighted by Crippen LogP contribution is -2.47. The minimum atomic E-state index is -0.643. The first-order chi connectivity index (χ1) is 16.6. The standard InChI is InChI=1S/C28H34N4O3/c1-6-21-18-29-24(30-21)25(33)31-23-8-7-20(17-22(23)19-9-11-27(2,3)12-10-19)28(26(34)32(4)5)13-15-35-16-14-28/h1,7-9,17-18H,10-16H2,2-5H3,(H,29,30)(H,31,33). The number of nitrogens with zero attached hydrogens (tertiary/aromatic N) is 2. The van der Waals surface area contributed by atoms with E-state index >= 15 is 0 Å². The topological polar surface area (TPSA) is 87.3 Å². The largest absolute Gasteiger partial charge is 0.381 e. The number of allylic oxidation sites excluding steroid dienone is 2. The van der Waals surface area contributed by atoms with Crippen molar-refractivity contribution in [2.45, 2.75) is 51.4 Å². The minimum Gasteiger partial charge on any atom is -0.381 e. The van der Waals surface area contributed by atoms with Crippen molar-refractivity contribution in [1.29, 1.82) is 0 Å². The van der Waals surface area contributed by atoms with Crippen LogP contribution in [0.4, 0.5) is 5.69 Å². The Hall–Kier alpha value is -3.37. The second kappa shape index (κ2) is 9.71.